The van der Waals surface area contributed by atoms with Crippen LogP contribution in [0.1, 0.15) is 39.3 Å². The predicted molar refractivity (Wildman–Crippen MR) is 79.9 cm³/mol. The van der Waals surface area contributed by atoms with E-state index in [2.05, 4.69) is 51.8 Å². The van der Waals surface area contributed by atoms with Crippen molar-refractivity contribution < 1.29 is 0 Å². The summed E-state index contributed by atoms with van der Waals surface area (Å²) in [4.78, 5) is 2.34. The minimum Gasteiger partial charge on any atom is -0.327 e. The van der Waals surface area contributed by atoms with Gasteiger partial charge < -0.3 is 5.73 Å². The summed E-state index contributed by atoms with van der Waals surface area (Å²) in [7, 11) is 2.14. The molecule has 2 nitrogen and oxygen atoms in total. The molecule has 2 unspecified atom stereocenters. The highest BCUT2D eigenvalue weighted by Gasteiger charge is 2.26. The van der Waals surface area contributed by atoms with Gasteiger partial charge >= 0.3 is 0 Å². The molecular formula is C15H25ClN2. The number of hydrogen-bond donors (Lipinski definition) is 1. The molecule has 0 saturated carbocycles. The Labute approximate surface area is 116 Å². The van der Waals surface area contributed by atoms with Crippen LogP contribution in [0.25, 0.3) is 0 Å². The fraction of sp³-hybridized carbons (Fsp3) is 0.600. The summed E-state index contributed by atoms with van der Waals surface area (Å²) in [5, 5.41) is 0.782. The Morgan fingerprint density at radius 1 is 1.22 bits per heavy atom. The predicted octanol–water partition coefficient (Wildman–Crippen LogP) is 3.71. The summed E-state index contributed by atoms with van der Waals surface area (Å²) in [5.41, 5.74) is 7.42. The summed E-state index contributed by atoms with van der Waals surface area (Å²) < 4.78 is 0. The Kier molecular flexibility index (Phi) is 5.20. The first-order valence-electron chi connectivity index (χ1n) is 6.45. The lowest BCUT2D eigenvalue weighted by atomic mass is 9.85. The van der Waals surface area contributed by atoms with Gasteiger partial charge in [-0.05, 0) is 44.0 Å². The minimum absolute atomic E-state index is 0.107. The molecule has 0 aliphatic carbocycles. The van der Waals surface area contributed by atoms with E-state index < -0.39 is 0 Å². The second-order valence-electron chi connectivity index (χ2n) is 5.92. The first-order valence-corrected chi connectivity index (χ1v) is 6.83. The maximum absolute atomic E-state index is 6.03. The number of benzene rings is 1. The van der Waals surface area contributed by atoms with E-state index in [4.69, 9.17) is 17.3 Å². The Balaban J connectivity index is 2.72. The topological polar surface area (TPSA) is 29.3 Å². The normalized spacial score (nSPS) is 15.8. The largest absolute Gasteiger partial charge is 0.327 e. The first-order chi connectivity index (χ1) is 8.24. The Morgan fingerprint density at radius 3 is 2.17 bits per heavy atom. The molecule has 0 bridgehead atoms. The molecule has 0 spiro atoms. The maximum atomic E-state index is 6.03. The van der Waals surface area contributed by atoms with E-state index in [1.54, 1.807) is 0 Å². The van der Waals surface area contributed by atoms with Crippen molar-refractivity contribution in [1.82, 2.24) is 4.90 Å². The third-order valence-electron chi connectivity index (χ3n) is 3.90. The molecule has 0 heterocycles. The van der Waals surface area contributed by atoms with Crippen LogP contribution in [-0.4, -0.2) is 24.5 Å². The van der Waals surface area contributed by atoms with Gasteiger partial charge in [0.2, 0.25) is 0 Å². The van der Waals surface area contributed by atoms with Crippen molar-refractivity contribution in [3.05, 3.63) is 34.9 Å². The number of nitrogens with zero attached hydrogens (tertiary/aromatic N) is 1. The van der Waals surface area contributed by atoms with Crippen LogP contribution in [0.5, 0.6) is 0 Å². The molecule has 102 valence electrons. The van der Waals surface area contributed by atoms with Crippen molar-refractivity contribution in [3.8, 4) is 0 Å². The van der Waals surface area contributed by atoms with Crippen molar-refractivity contribution in [3.63, 3.8) is 0 Å². The molecule has 3 heteroatoms. The molecule has 0 aliphatic rings. The van der Waals surface area contributed by atoms with Gasteiger partial charge in [-0.1, -0.05) is 37.6 Å². The summed E-state index contributed by atoms with van der Waals surface area (Å²) in [5.74, 6) is 0. The van der Waals surface area contributed by atoms with Gasteiger partial charge in [0.05, 0.1) is 0 Å². The molecule has 0 saturated heterocycles. The van der Waals surface area contributed by atoms with Gasteiger partial charge in [0.1, 0.15) is 0 Å². The van der Waals surface area contributed by atoms with Crippen LogP contribution in [0, 0.1) is 5.41 Å². The fourth-order valence-electron chi connectivity index (χ4n) is 1.92. The van der Waals surface area contributed by atoms with Gasteiger partial charge in [-0.3, -0.25) is 4.90 Å². The lowest BCUT2D eigenvalue weighted by Gasteiger charge is -2.36. The highest BCUT2D eigenvalue weighted by atomic mass is 35.5. The monoisotopic (exact) mass is 268 g/mol. The van der Waals surface area contributed by atoms with Crippen LogP contribution in [0.4, 0.5) is 0 Å². The zero-order valence-electron chi connectivity index (χ0n) is 12.1. The van der Waals surface area contributed by atoms with Crippen LogP contribution in [0.15, 0.2) is 24.3 Å². The number of nitrogens with two attached hydrogens (primary N) is 1. The molecule has 0 aromatic heterocycles. The van der Waals surface area contributed by atoms with Gasteiger partial charge in [0.25, 0.3) is 0 Å². The molecular weight excluding hydrogens is 244 g/mol. The third-order valence-corrected chi connectivity index (χ3v) is 4.16. The number of halogens is 1. The van der Waals surface area contributed by atoms with Gasteiger partial charge in [-0.25, -0.2) is 0 Å². The fourth-order valence-corrected chi connectivity index (χ4v) is 2.05. The van der Waals surface area contributed by atoms with Crippen LogP contribution >= 0.6 is 11.6 Å². The molecule has 1 aromatic rings. The van der Waals surface area contributed by atoms with Crippen molar-refractivity contribution in [1.29, 1.82) is 0 Å². The second-order valence-corrected chi connectivity index (χ2v) is 6.36. The molecule has 0 fully saturated rings. The molecule has 2 atom stereocenters. The van der Waals surface area contributed by atoms with E-state index in [9.17, 15) is 0 Å². The summed E-state index contributed by atoms with van der Waals surface area (Å²) in [6, 6.07) is 8.60. The van der Waals surface area contributed by atoms with E-state index in [0.29, 0.717) is 6.04 Å². The quantitative estimate of drug-likeness (QED) is 0.882. The lowest BCUT2D eigenvalue weighted by molar-refractivity contribution is 0.150. The van der Waals surface area contributed by atoms with Crippen LogP contribution in [0.3, 0.4) is 0 Å². The highest BCUT2D eigenvalue weighted by molar-refractivity contribution is 6.30. The average molecular weight is 269 g/mol. The van der Waals surface area contributed by atoms with Crippen molar-refractivity contribution in [2.45, 2.75) is 39.8 Å². The molecule has 1 aromatic carbocycles. The van der Waals surface area contributed by atoms with Crippen molar-refractivity contribution in [2.75, 3.05) is 13.6 Å². The van der Waals surface area contributed by atoms with Crippen LogP contribution in [0.2, 0.25) is 5.02 Å². The maximum Gasteiger partial charge on any atom is 0.0406 e. The lowest BCUT2D eigenvalue weighted by Crippen LogP contribution is -2.43. The van der Waals surface area contributed by atoms with Gasteiger partial charge in [-0.15, -0.1) is 0 Å². The van der Waals surface area contributed by atoms with Crippen LogP contribution < -0.4 is 5.73 Å². The number of rotatable bonds is 5. The number of hydrogen-bond acceptors (Lipinski definition) is 2. The van der Waals surface area contributed by atoms with E-state index in [-0.39, 0.29) is 11.5 Å². The standard InChI is InChI=1S/C15H25ClN2/c1-11(13-6-8-14(16)9-7-13)18(5)10-15(3,4)12(2)17/h6-9,11-12H,10,17H2,1-5H3. The van der Waals surface area contributed by atoms with Gasteiger partial charge in [-0.2, -0.15) is 0 Å². The minimum atomic E-state index is 0.107. The second kappa shape index (κ2) is 6.05. The Hall–Kier alpha value is -0.570. The molecule has 0 aliphatic heterocycles. The Morgan fingerprint density at radius 2 is 1.72 bits per heavy atom. The summed E-state index contributed by atoms with van der Waals surface area (Å²) in [6.07, 6.45) is 0. The van der Waals surface area contributed by atoms with Gasteiger partial charge in [0, 0.05) is 23.7 Å². The smallest absolute Gasteiger partial charge is 0.0406 e. The van der Waals surface area contributed by atoms with E-state index in [1.165, 1.54) is 5.56 Å². The third kappa shape index (κ3) is 3.98. The molecule has 1 rings (SSSR count). The van der Waals surface area contributed by atoms with E-state index in [1.807, 2.05) is 12.1 Å². The average Bonchev–Trinajstić information content (AvgIpc) is 2.28. The van der Waals surface area contributed by atoms with E-state index in [0.717, 1.165) is 11.6 Å². The molecule has 18 heavy (non-hydrogen) atoms. The molecule has 0 radical (unpaired) electrons. The first kappa shape index (κ1) is 15.5. The SMILES string of the molecule is CC(c1ccc(Cl)cc1)N(C)CC(C)(C)C(C)N. The summed E-state index contributed by atoms with van der Waals surface area (Å²) >= 11 is 5.91. The zero-order chi connectivity index (χ0) is 13.9. The summed E-state index contributed by atoms with van der Waals surface area (Å²) in [6.45, 7) is 9.67. The molecule has 0 amide bonds. The van der Waals surface area contributed by atoms with Gasteiger partial charge in [0.15, 0.2) is 0 Å². The zero-order valence-corrected chi connectivity index (χ0v) is 12.8. The van der Waals surface area contributed by atoms with Crippen molar-refractivity contribution in [2.24, 2.45) is 11.1 Å². The molecule has 2 N–H and O–H groups in total. The highest BCUT2D eigenvalue weighted by Crippen LogP contribution is 2.26. The Bertz CT molecular complexity index is 371. The van der Waals surface area contributed by atoms with Crippen LogP contribution in [-0.2, 0) is 0 Å². The van der Waals surface area contributed by atoms with Crippen molar-refractivity contribution >= 4 is 11.6 Å². The van der Waals surface area contributed by atoms with E-state index >= 15 is 0 Å².